The molecule has 4 nitrogen and oxygen atoms in total. The maximum Gasteiger partial charge on any atom is 0.337 e. The second kappa shape index (κ2) is 4.42. The lowest BCUT2D eigenvalue weighted by Crippen LogP contribution is -1.98. The predicted octanol–water partition coefficient (Wildman–Crippen LogP) is 2.83. The first-order chi connectivity index (χ1) is 7.59. The maximum absolute atomic E-state index is 10.7. The normalized spacial score (nSPS) is 10.4. The topological polar surface area (TPSA) is 55.1 Å². The first-order valence-electron chi connectivity index (χ1n) is 4.31. The van der Waals surface area contributed by atoms with Crippen molar-refractivity contribution < 1.29 is 9.90 Å². The maximum atomic E-state index is 10.7. The molecule has 2 aromatic rings. The Morgan fingerprint density at radius 2 is 2.25 bits per heavy atom. The summed E-state index contributed by atoms with van der Waals surface area (Å²) in [5.74, 6) is -0.443. The van der Waals surface area contributed by atoms with Crippen LogP contribution >= 0.6 is 34.2 Å². The Morgan fingerprint density at radius 1 is 1.50 bits per heavy atom. The number of hydrogen-bond donors (Lipinski definition) is 1. The van der Waals surface area contributed by atoms with E-state index in [4.69, 9.17) is 16.7 Å². The van der Waals surface area contributed by atoms with Gasteiger partial charge >= 0.3 is 5.97 Å². The van der Waals surface area contributed by atoms with Crippen molar-refractivity contribution in [1.82, 2.24) is 9.55 Å². The molecule has 2 aromatic heterocycles. The van der Waals surface area contributed by atoms with Crippen LogP contribution in [0.5, 0.6) is 0 Å². The number of hydrogen-bond acceptors (Lipinski definition) is 2. The van der Waals surface area contributed by atoms with E-state index in [1.165, 1.54) is 12.3 Å². The first kappa shape index (κ1) is 11.4. The van der Waals surface area contributed by atoms with Crippen molar-refractivity contribution in [3.8, 4) is 5.82 Å². The van der Waals surface area contributed by atoms with E-state index in [1.54, 1.807) is 23.0 Å². The molecule has 0 amide bonds. The average molecular weight is 349 g/mol. The second-order valence-corrected chi connectivity index (χ2v) is 4.58. The molecule has 0 bridgehead atoms. The number of rotatable bonds is 2. The number of halogens is 2. The summed E-state index contributed by atoms with van der Waals surface area (Å²) < 4.78 is 2.46. The molecular weight excluding hydrogens is 342 g/mol. The molecule has 0 fully saturated rings. The Bertz CT molecular complexity index is 554. The van der Waals surface area contributed by atoms with Gasteiger partial charge in [-0.3, -0.25) is 0 Å². The van der Waals surface area contributed by atoms with Crippen LogP contribution in [-0.4, -0.2) is 20.6 Å². The summed E-state index contributed by atoms with van der Waals surface area (Å²) in [6.07, 6.45) is 4.73. The van der Waals surface area contributed by atoms with Gasteiger partial charge in [0, 0.05) is 22.2 Å². The van der Waals surface area contributed by atoms with Crippen molar-refractivity contribution in [3.05, 3.63) is 44.9 Å². The minimum atomic E-state index is -0.972. The average Bonchev–Trinajstić information content (AvgIpc) is 2.71. The van der Waals surface area contributed by atoms with Gasteiger partial charge in [-0.25, -0.2) is 9.78 Å². The zero-order valence-corrected chi connectivity index (χ0v) is 10.8. The largest absolute Gasteiger partial charge is 0.478 e. The molecule has 2 rings (SSSR count). The molecule has 0 saturated heterocycles. The zero-order valence-electron chi connectivity index (χ0n) is 7.89. The third-order valence-corrected chi connectivity index (χ3v) is 3.60. The Kier molecular flexibility index (Phi) is 3.15. The quantitative estimate of drug-likeness (QED) is 0.849. The molecule has 2 heterocycles. The predicted molar refractivity (Wildman–Crippen MR) is 68.3 cm³/mol. The minimum Gasteiger partial charge on any atom is -0.478 e. The fourth-order valence-corrected chi connectivity index (χ4v) is 1.86. The number of pyridine rings is 1. The molecule has 0 radical (unpaired) electrons. The summed E-state index contributed by atoms with van der Waals surface area (Å²) in [4.78, 5) is 14.8. The SMILES string of the molecule is O=C(O)c1ccn(-c2nccc(I)c2Cl)c1. The molecule has 16 heavy (non-hydrogen) atoms. The minimum absolute atomic E-state index is 0.205. The lowest BCUT2D eigenvalue weighted by Gasteiger charge is -2.04. The van der Waals surface area contributed by atoms with Gasteiger partial charge in [-0.15, -0.1) is 0 Å². The number of carbonyl (C=O) groups is 1. The van der Waals surface area contributed by atoms with Crippen LogP contribution in [0.4, 0.5) is 0 Å². The highest BCUT2D eigenvalue weighted by atomic mass is 127. The summed E-state index contributed by atoms with van der Waals surface area (Å²) in [5, 5.41) is 9.31. The van der Waals surface area contributed by atoms with Crippen molar-refractivity contribution in [1.29, 1.82) is 0 Å². The van der Waals surface area contributed by atoms with Gasteiger partial charge in [0.1, 0.15) is 0 Å². The summed E-state index contributed by atoms with van der Waals surface area (Å²) in [6, 6.07) is 3.29. The molecule has 6 heteroatoms. The van der Waals surface area contributed by atoms with Crippen molar-refractivity contribution >= 4 is 40.2 Å². The molecule has 0 aromatic carbocycles. The fourth-order valence-electron chi connectivity index (χ4n) is 1.24. The molecule has 1 N–H and O–H groups in total. The van der Waals surface area contributed by atoms with E-state index < -0.39 is 5.97 Å². The highest BCUT2D eigenvalue weighted by Crippen LogP contribution is 2.24. The van der Waals surface area contributed by atoms with E-state index in [-0.39, 0.29) is 5.56 Å². The van der Waals surface area contributed by atoms with Crippen molar-refractivity contribution in [2.75, 3.05) is 0 Å². The van der Waals surface area contributed by atoms with E-state index in [1.807, 2.05) is 0 Å². The smallest absolute Gasteiger partial charge is 0.337 e. The third kappa shape index (κ3) is 2.05. The molecule has 0 aliphatic heterocycles. The Hall–Kier alpha value is -1.08. The van der Waals surface area contributed by atoms with Gasteiger partial charge in [0.15, 0.2) is 5.82 Å². The second-order valence-electron chi connectivity index (χ2n) is 3.04. The van der Waals surface area contributed by atoms with E-state index in [2.05, 4.69) is 27.6 Å². The highest BCUT2D eigenvalue weighted by molar-refractivity contribution is 14.1. The van der Waals surface area contributed by atoms with Crippen LogP contribution in [0.1, 0.15) is 10.4 Å². The number of nitrogens with zero attached hydrogens (tertiary/aromatic N) is 2. The van der Waals surface area contributed by atoms with Crippen LogP contribution in [0.2, 0.25) is 5.02 Å². The Labute approximate surface area is 110 Å². The lowest BCUT2D eigenvalue weighted by atomic mass is 10.4. The Balaban J connectivity index is 2.50. The fraction of sp³-hybridized carbons (Fsp3) is 0. The standard InChI is InChI=1S/C10H6ClIN2O2/c11-8-7(12)1-3-13-9(8)14-4-2-6(5-14)10(15)16/h1-5H,(H,15,16). The number of aromatic carboxylic acids is 1. The third-order valence-electron chi connectivity index (χ3n) is 2.01. The van der Waals surface area contributed by atoms with Gasteiger partial charge in [0.05, 0.1) is 10.6 Å². The van der Waals surface area contributed by atoms with Crippen molar-refractivity contribution in [2.45, 2.75) is 0 Å². The summed E-state index contributed by atoms with van der Waals surface area (Å²) in [7, 11) is 0. The van der Waals surface area contributed by atoms with Crippen LogP contribution in [0, 0.1) is 3.57 Å². The zero-order chi connectivity index (χ0) is 11.7. The van der Waals surface area contributed by atoms with Crippen LogP contribution in [0.15, 0.2) is 30.7 Å². The summed E-state index contributed by atoms with van der Waals surface area (Å²) in [6.45, 7) is 0. The van der Waals surface area contributed by atoms with Crippen LogP contribution < -0.4 is 0 Å². The molecular formula is C10H6ClIN2O2. The van der Waals surface area contributed by atoms with Gasteiger partial charge in [-0.1, -0.05) is 11.6 Å². The van der Waals surface area contributed by atoms with E-state index in [0.717, 1.165) is 3.57 Å². The van der Waals surface area contributed by atoms with Crippen molar-refractivity contribution in [2.24, 2.45) is 0 Å². The number of carboxylic acid groups (broad SMARTS) is 1. The summed E-state index contributed by atoms with van der Waals surface area (Å²) >= 11 is 8.17. The Morgan fingerprint density at radius 3 is 2.88 bits per heavy atom. The lowest BCUT2D eigenvalue weighted by molar-refractivity contribution is 0.0697. The number of carboxylic acids is 1. The highest BCUT2D eigenvalue weighted by Gasteiger charge is 2.10. The first-order valence-corrected chi connectivity index (χ1v) is 5.77. The van der Waals surface area contributed by atoms with Crippen LogP contribution in [-0.2, 0) is 0 Å². The number of aromatic nitrogens is 2. The molecule has 82 valence electrons. The molecule has 0 atom stereocenters. The van der Waals surface area contributed by atoms with Crippen molar-refractivity contribution in [3.63, 3.8) is 0 Å². The molecule has 0 unspecified atom stereocenters. The van der Waals surface area contributed by atoms with Gasteiger partial charge in [0.25, 0.3) is 0 Å². The van der Waals surface area contributed by atoms with Gasteiger partial charge in [-0.2, -0.15) is 0 Å². The van der Waals surface area contributed by atoms with E-state index >= 15 is 0 Å². The van der Waals surface area contributed by atoms with Gasteiger partial charge < -0.3 is 9.67 Å². The molecule has 0 spiro atoms. The van der Waals surface area contributed by atoms with E-state index in [9.17, 15) is 4.79 Å². The summed E-state index contributed by atoms with van der Waals surface area (Å²) in [5.41, 5.74) is 0.205. The van der Waals surface area contributed by atoms with Gasteiger partial charge in [-0.05, 0) is 34.7 Å². The van der Waals surface area contributed by atoms with Gasteiger partial charge in [0.2, 0.25) is 0 Å². The molecule has 0 saturated carbocycles. The van der Waals surface area contributed by atoms with E-state index in [0.29, 0.717) is 10.8 Å². The molecule has 0 aliphatic rings. The van der Waals surface area contributed by atoms with Crippen LogP contribution in [0.3, 0.4) is 0 Å². The van der Waals surface area contributed by atoms with Crippen LogP contribution in [0.25, 0.3) is 5.82 Å². The molecule has 0 aliphatic carbocycles. The monoisotopic (exact) mass is 348 g/mol.